The van der Waals surface area contributed by atoms with E-state index in [2.05, 4.69) is 32.3 Å². The average molecular weight is 432 g/mol. The Hall–Kier alpha value is -3.62. The number of piperazine rings is 1. The highest BCUT2D eigenvalue weighted by Crippen LogP contribution is 2.39. The number of anilines is 1. The van der Waals surface area contributed by atoms with Gasteiger partial charge in [-0.25, -0.2) is 0 Å². The van der Waals surface area contributed by atoms with Crippen molar-refractivity contribution in [2.75, 3.05) is 37.9 Å². The molecule has 0 spiro atoms. The van der Waals surface area contributed by atoms with Crippen molar-refractivity contribution in [2.24, 2.45) is 7.05 Å². The van der Waals surface area contributed by atoms with Crippen LogP contribution >= 0.6 is 0 Å². The first-order valence-electron chi connectivity index (χ1n) is 11.0. The molecule has 9 heteroatoms. The van der Waals surface area contributed by atoms with Crippen LogP contribution in [0.2, 0.25) is 0 Å². The number of aromatic nitrogens is 4. The number of aryl methyl sites for hydroxylation is 1. The van der Waals surface area contributed by atoms with E-state index in [1.54, 1.807) is 11.7 Å². The molecule has 9 nitrogen and oxygen atoms in total. The molecule has 0 atom stereocenters. The van der Waals surface area contributed by atoms with Gasteiger partial charge in [0.2, 0.25) is 6.79 Å². The summed E-state index contributed by atoms with van der Waals surface area (Å²) >= 11 is 0. The number of ether oxygens (including phenoxy) is 2. The number of rotatable bonds is 4. The molecule has 3 aliphatic rings. The van der Waals surface area contributed by atoms with Gasteiger partial charge < -0.3 is 19.3 Å². The summed E-state index contributed by atoms with van der Waals surface area (Å²) in [5.41, 5.74) is 3.29. The van der Waals surface area contributed by atoms with E-state index in [1.165, 1.54) is 12.8 Å². The molecule has 3 aromatic rings. The fourth-order valence-corrected chi connectivity index (χ4v) is 4.27. The Morgan fingerprint density at radius 2 is 1.78 bits per heavy atom. The fraction of sp³-hybridized carbons (Fsp3) is 0.391. The van der Waals surface area contributed by atoms with Gasteiger partial charge in [0.25, 0.3) is 5.91 Å². The second-order valence-electron chi connectivity index (χ2n) is 8.48. The van der Waals surface area contributed by atoms with E-state index >= 15 is 0 Å². The van der Waals surface area contributed by atoms with Crippen molar-refractivity contribution in [1.82, 2.24) is 24.9 Å². The zero-order valence-corrected chi connectivity index (χ0v) is 17.9. The first-order chi connectivity index (χ1) is 15.7. The molecule has 1 aromatic carbocycles. The molecule has 1 saturated heterocycles. The van der Waals surface area contributed by atoms with Gasteiger partial charge in [-0.2, -0.15) is 10.2 Å². The predicted octanol–water partition coefficient (Wildman–Crippen LogP) is 2.45. The first kappa shape index (κ1) is 19.1. The van der Waals surface area contributed by atoms with E-state index in [4.69, 9.17) is 9.47 Å². The van der Waals surface area contributed by atoms with Crippen LogP contribution in [0.15, 0.2) is 36.4 Å². The molecule has 4 heterocycles. The van der Waals surface area contributed by atoms with Crippen molar-refractivity contribution in [2.45, 2.75) is 18.8 Å². The van der Waals surface area contributed by atoms with Crippen LogP contribution < -0.4 is 14.4 Å². The average Bonchev–Trinajstić information content (AvgIpc) is 3.45. The summed E-state index contributed by atoms with van der Waals surface area (Å²) in [6.45, 7) is 2.96. The first-order valence-corrected chi connectivity index (χ1v) is 11.0. The zero-order chi connectivity index (χ0) is 21.7. The maximum absolute atomic E-state index is 13.2. The molecule has 1 amide bonds. The number of benzene rings is 1. The monoisotopic (exact) mass is 432 g/mol. The number of nitrogens with zero attached hydrogens (tertiary/aromatic N) is 6. The summed E-state index contributed by atoms with van der Waals surface area (Å²) in [5, 5.41) is 13.3. The second-order valence-corrected chi connectivity index (χ2v) is 8.48. The standard InChI is InChI=1S/C23H24N6O3/c1-27-19(13-18(26-27)16-4-6-20-21(12-16)32-14-31-20)23(30)29-10-8-28(9-11-29)22-7-5-17(24-25-22)15-2-3-15/h4-7,12-13,15H,2-3,8-11,14H2,1H3. The Morgan fingerprint density at radius 3 is 2.53 bits per heavy atom. The van der Waals surface area contributed by atoms with E-state index in [9.17, 15) is 4.79 Å². The molecule has 2 fully saturated rings. The van der Waals surface area contributed by atoms with Crippen molar-refractivity contribution in [3.05, 3.63) is 47.8 Å². The van der Waals surface area contributed by atoms with Gasteiger partial charge in [-0.05, 0) is 49.2 Å². The number of hydrogen-bond donors (Lipinski definition) is 0. The van der Waals surface area contributed by atoms with Crippen molar-refractivity contribution >= 4 is 11.7 Å². The summed E-state index contributed by atoms with van der Waals surface area (Å²) in [5.74, 6) is 2.90. The van der Waals surface area contributed by atoms with Gasteiger partial charge in [0.05, 0.1) is 11.4 Å². The Bertz CT molecular complexity index is 1160. The number of fused-ring (bicyclic) bond motifs is 1. The molecule has 32 heavy (non-hydrogen) atoms. The van der Waals surface area contributed by atoms with Crippen LogP contribution in [0.4, 0.5) is 5.82 Å². The van der Waals surface area contributed by atoms with E-state index in [1.807, 2.05) is 29.2 Å². The lowest BCUT2D eigenvalue weighted by Gasteiger charge is -2.35. The van der Waals surface area contributed by atoms with Crippen LogP contribution in [0, 0.1) is 0 Å². The number of amides is 1. The summed E-state index contributed by atoms with van der Waals surface area (Å²) in [6, 6.07) is 11.7. The highest BCUT2D eigenvalue weighted by Gasteiger charge is 2.28. The zero-order valence-electron chi connectivity index (χ0n) is 17.9. The Labute approximate surface area is 185 Å². The molecule has 0 bridgehead atoms. The summed E-state index contributed by atoms with van der Waals surface area (Å²) in [6.07, 6.45) is 2.44. The van der Waals surface area contributed by atoms with Crippen LogP contribution in [-0.2, 0) is 7.05 Å². The van der Waals surface area contributed by atoms with Gasteiger partial charge in [-0.15, -0.1) is 5.10 Å². The molecule has 0 unspecified atom stereocenters. The molecule has 2 aliphatic heterocycles. The molecule has 1 aliphatic carbocycles. The van der Waals surface area contributed by atoms with Crippen LogP contribution in [0.1, 0.15) is 34.9 Å². The van der Waals surface area contributed by atoms with Crippen LogP contribution in [0.3, 0.4) is 0 Å². The minimum absolute atomic E-state index is 0.0122. The van der Waals surface area contributed by atoms with Gasteiger partial charge in [0.15, 0.2) is 17.3 Å². The van der Waals surface area contributed by atoms with Gasteiger partial charge in [0, 0.05) is 44.7 Å². The lowest BCUT2D eigenvalue weighted by molar-refractivity contribution is 0.0735. The van der Waals surface area contributed by atoms with Crippen molar-refractivity contribution in [1.29, 1.82) is 0 Å². The minimum atomic E-state index is -0.0122. The number of carbonyl (C=O) groups is 1. The molecule has 6 rings (SSSR count). The highest BCUT2D eigenvalue weighted by molar-refractivity contribution is 5.94. The van der Waals surface area contributed by atoms with Crippen LogP contribution in [0.25, 0.3) is 11.3 Å². The third-order valence-corrected chi connectivity index (χ3v) is 6.32. The largest absolute Gasteiger partial charge is 0.454 e. The van der Waals surface area contributed by atoms with Crippen molar-refractivity contribution in [3.63, 3.8) is 0 Å². The summed E-state index contributed by atoms with van der Waals surface area (Å²) in [7, 11) is 1.80. The molecule has 0 radical (unpaired) electrons. The van der Waals surface area contributed by atoms with Crippen molar-refractivity contribution < 1.29 is 14.3 Å². The quantitative estimate of drug-likeness (QED) is 0.626. The lowest BCUT2D eigenvalue weighted by atomic mass is 10.1. The lowest BCUT2D eigenvalue weighted by Crippen LogP contribution is -2.49. The molecule has 164 valence electrons. The molecule has 0 N–H and O–H groups in total. The van der Waals surface area contributed by atoms with E-state index in [0.29, 0.717) is 30.5 Å². The van der Waals surface area contributed by atoms with E-state index < -0.39 is 0 Å². The van der Waals surface area contributed by atoms with Crippen molar-refractivity contribution in [3.8, 4) is 22.8 Å². The van der Waals surface area contributed by atoms with Gasteiger partial charge in [-0.1, -0.05) is 0 Å². The Balaban J connectivity index is 1.13. The predicted molar refractivity (Wildman–Crippen MR) is 117 cm³/mol. The SMILES string of the molecule is Cn1nc(-c2ccc3c(c2)OCO3)cc1C(=O)N1CCN(c2ccc(C3CC3)nn2)CC1. The second kappa shape index (κ2) is 7.51. The maximum Gasteiger partial charge on any atom is 0.272 e. The Kier molecular flexibility index (Phi) is 4.48. The van der Waals surface area contributed by atoms with E-state index in [0.717, 1.165) is 41.6 Å². The highest BCUT2D eigenvalue weighted by atomic mass is 16.7. The van der Waals surface area contributed by atoms with E-state index in [-0.39, 0.29) is 12.7 Å². The number of hydrogen-bond acceptors (Lipinski definition) is 7. The summed E-state index contributed by atoms with van der Waals surface area (Å²) in [4.78, 5) is 17.3. The third kappa shape index (κ3) is 3.43. The Morgan fingerprint density at radius 1 is 0.969 bits per heavy atom. The molecule has 2 aromatic heterocycles. The summed E-state index contributed by atoms with van der Waals surface area (Å²) < 4.78 is 12.5. The fourth-order valence-electron chi connectivity index (χ4n) is 4.27. The third-order valence-electron chi connectivity index (χ3n) is 6.32. The van der Waals surface area contributed by atoms with Crippen LogP contribution in [-0.4, -0.2) is 63.8 Å². The maximum atomic E-state index is 13.2. The van der Waals surface area contributed by atoms with Gasteiger partial charge >= 0.3 is 0 Å². The van der Waals surface area contributed by atoms with Gasteiger partial charge in [-0.3, -0.25) is 9.48 Å². The molecular weight excluding hydrogens is 408 g/mol. The smallest absolute Gasteiger partial charge is 0.272 e. The number of carbonyl (C=O) groups excluding carboxylic acids is 1. The minimum Gasteiger partial charge on any atom is -0.454 e. The molecule has 1 saturated carbocycles. The van der Waals surface area contributed by atoms with Crippen LogP contribution in [0.5, 0.6) is 11.5 Å². The van der Waals surface area contributed by atoms with Gasteiger partial charge in [0.1, 0.15) is 5.69 Å². The normalized spacial score (nSPS) is 17.7. The topological polar surface area (TPSA) is 85.6 Å². The molecular formula is C23H24N6O3.